The van der Waals surface area contributed by atoms with Crippen molar-refractivity contribution in [1.29, 1.82) is 0 Å². The fourth-order valence-electron chi connectivity index (χ4n) is 4.53. The van der Waals surface area contributed by atoms with Gasteiger partial charge < -0.3 is 4.74 Å². The van der Waals surface area contributed by atoms with E-state index < -0.39 is 0 Å². The monoisotopic (exact) mass is 390 g/mol. The van der Waals surface area contributed by atoms with Crippen LogP contribution >= 0.6 is 0 Å². The number of rotatable bonds is 9. The summed E-state index contributed by atoms with van der Waals surface area (Å²) in [7, 11) is 0. The first-order chi connectivity index (χ1) is 14.2. The number of carbonyl (C=O) groups is 1. The summed E-state index contributed by atoms with van der Waals surface area (Å²) in [5, 5.41) is 0. The number of ether oxygens (including phenoxy) is 1. The van der Waals surface area contributed by atoms with Crippen LogP contribution < -0.4 is 0 Å². The van der Waals surface area contributed by atoms with Crippen molar-refractivity contribution in [3.8, 4) is 11.1 Å². The van der Waals surface area contributed by atoms with Gasteiger partial charge in [-0.25, -0.2) is 4.79 Å². The minimum Gasteiger partial charge on any atom is -0.460 e. The zero-order chi connectivity index (χ0) is 20.5. The highest BCUT2D eigenvalue weighted by Crippen LogP contribution is 2.38. The molecule has 0 spiro atoms. The average Bonchev–Trinajstić information content (AvgIpc) is 2.78. The Morgan fingerprint density at radius 1 is 1.00 bits per heavy atom. The molecule has 1 aliphatic rings. The first kappa shape index (κ1) is 21.4. The van der Waals surface area contributed by atoms with Crippen LogP contribution in [0.5, 0.6) is 0 Å². The number of hydrogen-bond donors (Lipinski definition) is 0. The molecule has 1 aliphatic carbocycles. The summed E-state index contributed by atoms with van der Waals surface area (Å²) < 4.78 is 5.23. The van der Waals surface area contributed by atoms with Gasteiger partial charge in [0.25, 0.3) is 0 Å². The lowest BCUT2D eigenvalue weighted by Crippen LogP contribution is -2.14. The maximum atomic E-state index is 11.2. The van der Waals surface area contributed by atoms with Crippen molar-refractivity contribution < 1.29 is 9.53 Å². The number of benzene rings is 2. The summed E-state index contributed by atoms with van der Waals surface area (Å²) in [6.07, 6.45) is 11.2. The van der Waals surface area contributed by atoms with Gasteiger partial charge in [0.05, 0.1) is 6.10 Å². The Bertz CT molecular complexity index is 755. The lowest BCUT2D eigenvalue weighted by Gasteiger charge is -2.29. The smallest absolute Gasteiger partial charge is 0.330 e. The largest absolute Gasteiger partial charge is 0.460 e. The molecular weight excluding hydrogens is 356 g/mol. The zero-order valence-corrected chi connectivity index (χ0v) is 17.7. The van der Waals surface area contributed by atoms with Crippen LogP contribution in [-0.2, 0) is 9.53 Å². The van der Waals surface area contributed by atoms with Crippen molar-refractivity contribution in [2.24, 2.45) is 5.92 Å². The number of carbonyl (C=O) groups excluding carboxylic acids is 1. The molecule has 154 valence electrons. The molecule has 1 saturated carbocycles. The van der Waals surface area contributed by atoms with E-state index in [2.05, 4.69) is 61.2 Å². The molecule has 1 fully saturated rings. The highest BCUT2D eigenvalue weighted by Gasteiger charge is 2.22. The lowest BCUT2D eigenvalue weighted by atomic mass is 9.77. The van der Waals surface area contributed by atoms with Crippen molar-refractivity contribution in [2.75, 3.05) is 0 Å². The summed E-state index contributed by atoms with van der Waals surface area (Å²) in [6, 6.07) is 19.8. The number of hydrogen-bond acceptors (Lipinski definition) is 2. The molecule has 0 radical (unpaired) electrons. The number of unbranched alkanes of at least 4 members (excludes halogenated alkanes) is 1. The third-order valence-corrected chi connectivity index (χ3v) is 6.29. The third-order valence-electron chi connectivity index (χ3n) is 6.29. The molecule has 2 aromatic rings. The Kier molecular flexibility index (Phi) is 8.10. The average molecular weight is 391 g/mol. The van der Waals surface area contributed by atoms with E-state index in [9.17, 15) is 4.79 Å². The Morgan fingerprint density at radius 3 is 2.31 bits per heavy atom. The topological polar surface area (TPSA) is 26.3 Å². The molecule has 0 heterocycles. The molecule has 1 unspecified atom stereocenters. The van der Waals surface area contributed by atoms with E-state index >= 15 is 0 Å². The van der Waals surface area contributed by atoms with Crippen LogP contribution in [-0.4, -0.2) is 12.1 Å². The van der Waals surface area contributed by atoms with E-state index in [-0.39, 0.29) is 12.1 Å². The molecule has 0 amide bonds. The van der Waals surface area contributed by atoms with Crippen LogP contribution in [0.3, 0.4) is 0 Å². The van der Waals surface area contributed by atoms with Crippen LogP contribution in [0.25, 0.3) is 11.1 Å². The van der Waals surface area contributed by atoms with Crippen molar-refractivity contribution in [2.45, 2.75) is 70.3 Å². The van der Waals surface area contributed by atoms with Crippen molar-refractivity contribution >= 4 is 5.97 Å². The normalized spacial score (nSPS) is 20.0. The Labute approximate surface area is 176 Å². The summed E-state index contributed by atoms with van der Waals surface area (Å²) in [6.45, 7) is 5.41. The fourth-order valence-corrected chi connectivity index (χ4v) is 4.53. The van der Waals surface area contributed by atoms with Crippen LogP contribution in [0.1, 0.15) is 69.8 Å². The van der Waals surface area contributed by atoms with E-state index in [1.54, 1.807) is 0 Å². The minimum absolute atomic E-state index is 0.00454. The predicted octanol–water partition coefficient (Wildman–Crippen LogP) is 7.31. The van der Waals surface area contributed by atoms with Gasteiger partial charge in [0.15, 0.2) is 0 Å². The van der Waals surface area contributed by atoms with E-state index in [0.717, 1.165) is 24.7 Å². The molecular formula is C27H34O2. The standard InChI is InChI=1S/C27H34O2/c1-3-27(28)29-21(2)9-7-8-10-22-13-15-24(16-14-22)26-19-17-25(18-20-26)23-11-5-4-6-12-23/h3-6,11-12,17-22,24H,1,7-10,13-16H2,2H3. The van der Waals surface area contributed by atoms with Gasteiger partial charge in [-0.15, -0.1) is 0 Å². The van der Waals surface area contributed by atoms with Gasteiger partial charge in [-0.05, 0) is 74.0 Å². The van der Waals surface area contributed by atoms with E-state index in [1.165, 1.54) is 61.3 Å². The lowest BCUT2D eigenvalue weighted by molar-refractivity contribution is -0.142. The Morgan fingerprint density at radius 2 is 1.66 bits per heavy atom. The van der Waals surface area contributed by atoms with Gasteiger partial charge in [0, 0.05) is 6.08 Å². The van der Waals surface area contributed by atoms with E-state index in [0.29, 0.717) is 0 Å². The highest BCUT2D eigenvalue weighted by molar-refractivity contribution is 5.81. The van der Waals surface area contributed by atoms with Crippen LogP contribution in [0, 0.1) is 5.92 Å². The summed E-state index contributed by atoms with van der Waals surface area (Å²) in [5.74, 6) is 1.27. The summed E-state index contributed by atoms with van der Waals surface area (Å²) >= 11 is 0. The molecule has 0 N–H and O–H groups in total. The quantitative estimate of drug-likeness (QED) is 0.255. The van der Waals surface area contributed by atoms with E-state index in [1.807, 2.05) is 6.92 Å². The van der Waals surface area contributed by atoms with E-state index in [4.69, 9.17) is 4.74 Å². The Balaban J connectivity index is 1.37. The molecule has 0 aliphatic heterocycles. The first-order valence-electron chi connectivity index (χ1n) is 11.1. The highest BCUT2D eigenvalue weighted by atomic mass is 16.5. The van der Waals surface area contributed by atoms with Crippen LogP contribution in [0.15, 0.2) is 67.3 Å². The van der Waals surface area contributed by atoms with Gasteiger partial charge in [-0.2, -0.15) is 0 Å². The second-order valence-corrected chi connectivity index (χ2v) is 8.44. The van der Waals surface area contributed by atoms with Crippen molar-refractivity contribution in [1.82, 2.24) is 0 Å². The number of esters is 1. The molecule has 0 aromatic heterocycles. The first-order valence-corrected chi connectivity index (χ1v) is 11.1. The van der Waals surface area contributed by atoms with Crippen molar-refractivity contribution in [3.05, 3.63) is 72.8 Å². The second kappa shape index (κ2) is 11.0. The maximum Gasteiger partial charge on any atom is 0.330 e. The van der Waals surface area contributed by atoms with Crippen LogP contribution in [0.2, 0.25) is 0 Å². The minimum atomic E-state index is -0.312. The SMILES string of the molecule is C=CC(=O)OC(C)CCCCC1CCC(c2ccc(-c3ccccc3)cc2)CC1. The zero-order valence-electron chi connectivity index (χ0n) is 17.7. The fraction of sp³-hybridized carbons (Fsp3) is 0.444. The Hall–Kier alpha value is -2.35. The second-order valence-electron chi connectivity index (χ2n) is 8.44. The van der Waals surface area contributed by atoms with Gasteiger partial charge in [-0.1, -0.05) is 74.0 Å². The molecule has 29 heavy (non-hydrogen) atoms. The van der Waals surface area contributed by atoms with Gasteiger partial charge in [-0.3, -0.25) is 0 Å². The maximum absolute atomic E-state index is 11.2. The predicted molar refractivity (Wildman–Crippen MR) is 121 cm³/mol. The molecule has 0 saturated heterocycles. The van der Waals surface area contributed by atoms with Crippen molar-refractivity contribution in [3.63, 3.8) is 0 Å². The van der Waals surface area contributed by atoms with Crippen LogP contribution in [0.4, 0.5) is 0 Å². The molecule has 3 rings (SSSR count). The molecule has 0 bridgehead atoms. The molecule has 2 nitrogen and oxygen atoms in total. The molecule has 1 atom stereocenters. The van der Waals surface area contributed by atoms with Gasteiger partial charge in [0.1, 0.15) is 0 Å². The third kappa shape index (κ3) is 6.59. The molecule has 2 heteroatoms. The van der Waals surface area contributed by atoms with Gasteiger partial charge >= 0.3 is 5.97 Å². The summed E-state index contributed by atoms with van der Waals surface area (Å²) in [5.41, 5.74) is 4.09. The van der Waals surface area contributed by atoms with Gasteiger partial charge in [0.2, 0.25) is 0 Å². The summed E-state index contributed by atoms with van der Waals surface area (Å²) in [4.78, 5) is 11.2. The molecule has 2 aromatic carbocycles.